The molecule has 0 radical (unpaired) electrons. The van der Waals surface area contributed by atoms with E-state index in [2.05, 4.69) is 28.8 Å². The van der Waals surface area contributed by atoms with Crippen LogP contribution in [0.1, 0.15) is 11.1 Å². The second-order valence-electron chi connectivity index (χ2n) is 8.90. The Labute approximate surface area is 213 Å². The van der Waals surface area contributed by atoms with E-state index in [4.69, 9.17) is 9.47 Å². The van der Waals surface area contributed by atoms with Gasteiger partial charge in [-0.2, -0.15) is 0 Å². The van der Waals surface area contributed by atoms with E-state index >= 15 is 0 Å². The zero-order chi connectivity index (χ0) is 25.4. The molecule has 0 unspecified atom stereocenters. The average Bonchev–Trinajstić information content (AvgIpc) is 3.41. The number of benzene rings is 4. The maximum absolute atomic E-state index is 13.0. The summed E-state index contributed by atoms with van der Waals surface area (Å²) >= 11 is 0. The van der Waals surface area contributed by atoms with E-state index in [9.17, 15) is 9.59 Å². The van der Waals surface area contributed by atoms with Crippen LogP contribution in [0.25, 0.3) is 33.6 Å². The number of aromatic nitrogens is 1. The molecule has 1 fully saturated rings. The van der Waals surface area contributed by atoms with Crippen LogP contribution in [0.3, 0.4) is 0 Å². The van der Waals surface area contributed by atoms with Crippen molar-refractivity contribution >= 4 is 39.9 Å². The Hall–Kier alpha value is -4.84. The Morgan fingerprint density at radius 3 is 2.32 bits per heavy atom. The van der Waals surface area contributed by atoms with E-state index in [0.29, 0.717) is 6.42 Å². The van der Waals surface area contributed by atoms with Gasteiger partial charge in [-0.15, -0.1) is 0 Å². The van der Waals surface area contributed by atoms with Gasteiger partial charge in [-0.1, -0.05) is 54.6 Å². The molecule has 6 rings (SSSR count). The molecule has 5 aromatic rings. The van der Waals surface area contributed by atoms with Gasteiger partial charge in [0, 0.05) is 23.0 Å². The summed E-state index contributed by atoms with van der Waals surface area (Å²) in [6.45, 7) is 0.241. The van der Waals surface area contributed by atoms with Crippen LogP contribution in [0.15, 0.2) is 103 Å². The first-order chi connectivity index (χ1) is 18.1. The first kappa shape index (κ1) is 22.6. The van der Waals surface area contributed by atoms with Crippen LogP contribution in [-0.4, -0.2) is 35.1 Å². The predicted molar refractivity (Wildman–Crippen MR) is 144 cm³/mol. The lowest BCUT2D eigenvalue weighted by molar-refractivity contribution is -0.123. The summed E-state index contributed by atoms with van der Waals surface area (Å²) in [7, 11) is 1.61. The molecule has 6 heteroatoms. The van der Waals surface area contributed by atoms with Crippen molar-refractivity contribution in [3.63, 3.8) is 0 Å². The molecule has 0 aliphatic carbocycles. The third-order valence-electron chi connectivity index (χ3n) is 6.67. The van der Waals surface area contributed by atoms with Crippen LogP contribution in [0.5, 0.6) is 5.75 Å². The molecule has 182 valence electrons. The van der Waals surface area contributed by atoms with Crippen molar-refractivity contribution in [2.45, 2.75) is 6.42 Å². The maximum atomic E-state index is 13.0. The highest BCUT2D eigenvalue weighted by Gasteiger charge is 2.36. The van der Waals surface area contributed by atoms with Gasteiger partial charge in [-0.3, -0.25) is 4.79 Å². The molecular weight excluding hydrogens is 464 g/mol. The van der Waals surface area contributed by atoms with Gasteiger partial charge >= 0.3 is 6.09 Å². The van der Waals surface area contributed by atoms with E-state index in [1.165, 1.54) is 0 Å². The van der Waals surface area contributed by atoms with Crippen molar-refractivity contribution in [1.82, 2.24) is 9.47 Å². The minimum Gasteiger partial charge on any atom is -0.497 e. The van der Waals surface area contributed by atoms with E-state index in [1.807, 2.05) is 72.8 Å². The second kappa shape index (κ2) is 9.32. The minimum absolute atomic E-state index is 0.0332. The van der Waals surface area contributed by atoms with E-state index in [1.54, 1.807) is 13.2 Å². The second-order valence-corrected chi connectivity index (χ2v) is 8.90. The van der Waals surface area contributed by atoms with Gasteiger partial charge < -0.3 is 14.0 Å². The van der Waals surface area contributed by atoms with Gasteiger partial charge in [0.05, 0.1) is 18.1 Å². The van der Waals surface area contributed by atoms with Crippen LogP contribution in [0.2, 0.25) is 0 Å². The number of para-hydroxylation sites is 2. The quantitative estimate of drug-likeness (QED) is 0.261. The Morgan fingerprint density at radius 1 is 0.811 bits per heavy atom. The average molecular weight is 489 g/mol. The zero-order valence-corrected chi connectivity index (χ0v) is 20.3. The van der Waals surface area contributed by atoms with Crippen molar-refractivity contribution < 1.29 is 19.1 Å². The summed E-state index contributed by atoms with van der Waals surface area (Å²) < 4.78 is 12.8. The molecule has 0 bridgehead atoms. The lowest BCUT2D eigenvalue weighted by Crippen LogP contribution is -2.30. The van der Waals surface area contributed by atoms with Crippen LogP contribution >= 0.6 is 0 Å². The molecule has 1 aliphatic heterocycles. The number of methoxy groups -OCH3 is 1. The number of rotatable bonds is 6. The van der Waals surface area contributed by atoms with Crippen LogP contribution < -0.4 is 4.74 Å². The number of ether oxygens (including phenoxy) is 2. The van der Waals surface area contributed by atoms with Crippen molar-refractivity contribution in [3.05, 3.63) is 114 Å². The normalized spacial score (nSPS) is 14.6. The first-order valence-corrected chi connectivity index (χ1v) is 12.1. The van der Waals surface area contributed by atoms with Gasteiger partial charge in [0.15, 0.2) is 5.76 Å². The van der Waals surface area contributed by atoms with E-state index in [-0.39, 0.29) is 12.3 Å². The molecule has 2 heterocycles. The first-order valence-electron chi connectivity index (χ1n) is 12.1. The summed E-state index contributed by atoms with van der Waals surface area (Å²) in [6, 6.07) is 32.0. The molecule has 6 nitrogen and oxygen atoms in total. The highest BCUT2D eigenvalue weighted by atomic mass is 16.6. The SMILES string of the molecule is COc1ccc(CCN2C(=O)O/C(=C/c3ccc4c(c3)c3ccccc3n4-c3ccccc3)C2=O)cc1. The fraction of sp³-hybridized carbons (Fsp3) is 0.0968. The molecule has 37 heavy (non-hydrogen) atoms. The van der Waals surface area contributed by atoms with Crippen molar-refractivity contribution in [3.8, 4) is 11.4 Å². The van der Waals surface area contributed by atoms with Crippen molar-refractivity contribution in [2.75, 3.05) is 13.7 Å². The van der Waals surface area contributed by atoms with Crippen molar-refractivity contribution in [2.24, 2.45) is 0 Å². The number of fused-ring (bicyclic) bond motifs is 3. The Kier molecular flexibility index (Phi) is 5.69. The van der Waals surface area contributed by atoms with Gasteiger partial charge in [0.1, 0.15) is 5.75 Å². The van der Waals surface area contributed by atoms with E-state index < -0.39 is 12.0 Å². The van der Waals surface area contributed by atoms with Crippen LogP contribution in [0.4, 0.5) is 4.79 Å². The van der Waals surface area contributed by atoms with Gasteiger partial charge in [0.25, 0.3) is 5.91 Å². The molecule has 1 aliphatic rings. The lowest BCUT2D eigenvalue weighted by Gasteiger charge is -2.10. The highest BCUT2D eigenvalue weighted by molar-refractivity contribution is 6.12. The third kappa shape index (κ3) is 4.12. The number of imide groups is 1. The largest absolute Gasteiger partial charge is 0.497 e. The van der Waals surface area contributed by atoms with Gasteiger partial charge in [-0.25, -0.2) is 9.69 Å². The molecule has 0 N–H and O–H groups in total. The third-order valence-corrected chi connectivity index (χ3v) is 6.67. The number of amides is 2. The van der Waals surface area contributed by atoms with Crippen LogP contribution in [0, 0.1) is 0 Å². The molecule has 0 spiro atoms. The Morgan fingerprint density at radius 2 is 1.54 bits per heavy atom. The summed E-state index contributed by atoms with van der Waals surface area (Å²) in [5, 5.41) is 2.17. The van der Waals surface area contributed by atoms with Gasteiger partial charge in [-0.05, 0) is 66.1 Å². The fourth-order valence-corrected chi connectivity index (χ4v) is 4.81. The number of carbonyl (C=O) groups excluding carboxylic acids is 2. The van der Waals surface area contributed by atoms with Crippen LogP contribution in [-0.2, 0) is 16.0 Å². The molecule has 0 atom stereocenters. The summed E-state index contributed by atoms with van der Waals surface area (Å²) in [5.74, 6) is 0.366. The Bertz CT molecular complexity index is 1670. The zero-order valence-electron chi connectivity index (χ0n) is 20.3. The monoisotopic (exact) mass is 488 g/mol. The molecule has 0 saturated carbocycles. The number of nitrogens with zero attached hydrogens (tertiary/aromatic N) is 2. The van der Waals surface area contributed by atoms with E-state index in [0.717, 1.165) is 49.3 Å². The van der Waals surface area contributed by atoms with Gasteiger partial charge in [0.2, 0.25) is 0 Å². The summed E-state index contributed by atoms with van der Waals surface area (Å²) in [4.78, 5) is 26.6. The topological polar surface area (TPSA) is 60.8 Å². The number of carbonyl (C=O) groups is 2. The molecule has 1 aromatic heterocycles. The maximum Gasteiger partial charge on any atom is 0.422 e. The number of hydrogen-bond donors (Lipinski definition) is 0. The smallest absolute Gasteiger partial charge is 0.422 e. The minimum atomic E-state index is -0.647. The van der Waals surface area contributed by atoms with Crippen molar-refractivity contribution in [1.29, 1.82) is 0 Å². The Balaban J connectivity index is 1.30. The molecule has 1 saturated heterocycles. The highest BCUT2D eigenvalue weighted by Crippen LogP contribution is 2.33. The molecular formula is C31H24N2O4. The lowest BCUT2D eigenvalue weighted by atomic mass is 10.1. The standard InChI is InChI=1S/C31H24N2O4/c1-36-24-14-11-21(12-15-24)17-18-32-30(34)29(37-31(32)35)20-22-13-16-28-26(19-22)25-9-5-6-10-27(25)33(28)23-7-3-2-4-8-23/h2-16,19-20H,17-18H2,1H3/b29-20+. The predicted octanol–water partition coefficient (Wildman–Crippen LogP) is 6.35. The molecule has 2 amide bonds. The number of hydrogen-bond acceptors (Lipinski definition) is 4. The summed E-state index contributed by atoms with van der Waals surface area (Å²) in [6.07, 6.45) is 1.52. The summed E-state index contributed by atoms with van der Waals surface area (Å²) in [5.41, 5.74) is 5.02. The fourth-order valence-electron chi connectivity index (χ4n) is 4.81. The number of cyclic esters (lactones) is 1. The molecule has 4 aromatic carbocycles.